The first-order chi connectivity index (χ1) is 6.77. The van der Waals surface area contributed by atoms with Gasteiger partial charge in [0.2, 0.25) is 0 Å². The molecule has 0 aromatic heterocycles. The second-order valence-corrected chi connectivity index (χ2v) is 3.81. The van der Waals surface area contributed by atoms with Gasteiger partial charge >= 0.3 is 0 Å². The van der Waals surface area contributed by atoms with Gasteiger partial charge in [-0.1, -0.05) is 58.3 Å². The average Bonchev–Trinajstić information content (AvgIpc) is 2.15. The van der Waals surface area contributed by atoms with E-state index in [1.165, 1.54) is 51.4 Å². The van der Waals surface area contributed by atoms with Crippen molar-refractivity contribution in [2.45, 2.75) is 64.7 Å². The molecular formula is C12H23DyO2-. The molecule has 0 spiro atoms. The smallest absolute Gasteiger partial charge is 0.163 e. The molecule has 0 saturated carbocycles. The monoisotopic (exact) mass is 363 g/mol. The number of carboxylic acid groups (broad SMARTS) is 1. The minimum atomic E-state index is -0.784. The third-order valence-electron chi connectivity index (χ3n) is 2.38. The van der Waals surface area contributed by atoms with Gasteiger partial charge < -0.3 is 5.11 Å². The summed E-state index contributed by atoms with van der Waals surface area (Å²) in [5.74, 6) is -0.784. The van der Waals surface area contributed by atoms with Crippen LogP contribution in [0.3, 0.4) is 0 Å². The number of aliphatic carboxylic acids is 1. The first kappa shape index (κ1) is 18.0. The van der Waals surface area contributed by atoms with Crippen LogP contribution in [0.15, 0.2) is 0 Å². The first-order valence-corrected chi connectivity index (χ1v) is 5.83. The molecule has 3 heteroatoms. The van der Waals surface area contributed by atoms with E-state index in [0.29, 0.717) is 0 Å². The number of hydrogen-bond acceptors (Lipinski definition) is 1. The van der Waals surface area contributed by atoms with E-state index < -0.39 is 5.97 Å². The summed E-state index contributed by atoms with van der Waals surface area (Å²) in [5, 5.41) is 8.36. The van der Waals surface area contributed by atoms with Gasteiger partial charge in [0.1, 0.15) is 0 Å². The Morgan fingerprint density at radius 1 is 1.00 bits per heavy atom. The van der Waals surface area contributed by atoms with E-state index in [0.717, 1.165) is 12.8 Å². The van der Waals surface area contributed by atoms with Crippen molar-refractivity contribution >= 4 is 5.97 Å². The van der Waals surface area contributed by atoms with Gasteiger partial charge in [-0.05, 0) is 0 Å². The van der Waals surface area contributed by atoms with Crippen molar-refractivity contribution in [3.63, 3.8) is 0 Å². The van der Waals surface area contributed by atoms with Crippen molar-refractivity contribution in [3.8, 4) is 0 Å². The van der Waals surface area contributed by atoms with E-state index in [1.54, 1.807) is 0 Å². The quantitative estimate of drug-likeness (QED) is 0.474. The average molecular weight is 362 g/mol. The van der Waals surface area contributed by atoms with Crippen LogP contribution in [-0.4, -0.2) is 11.1 Å². The van der Waals surface area contributed by atoms with Crippen molar-refractivity contribution in [1.29, 1.82) is 0 Å². The molecule has 0 aromatic rings. The number of carboxylic acids is 1. The molecule has 0 rings (SSSR count). The van der Waals surface area contributed by atoms with Gasteiger partial charge in [-0.15, -0.1) is 0 Å². The number of carbonyl (C=O) groups is 1. The number of hydrogen-bond donors (Lipinski definition) is 1. The molecule has 0 bridgehead atoms. The van der Waals surface area contributed by atoms with E-state index in [4.69, 9.17) is 5.11 Å². The van der Waals surface area contributed by atoms with Gasteiger partial charge in [0.05, 0.1) is 0 Å². The summed E-state index contributed by atoms with van der Waals surface area (Å²) in [7, 11) is 0. The fourth-order valence-corrected chi connectivity index (χ4v) is 1.50. The molecule has 0 aromatic carbocycles. The van der Waals surface area contributed by atoms with E-state index in [-0.39, 0.29) is 38.2 Å². The van der Waals surface area contributed by atoms with Gasteiger partial charge in [-0.3, -0.25) is 11.2 Å². The van der Waals surface area contributed by atoms with E-state index in [9.17, 15) is 4.79 Å². The Kier molecular flexibility index (Phi) is 17.5. The van der Waals surface area contributed by atoms with Crippen LogP contribution in [0, 0.1) is 44.6 Å². The van der Waals surface area contributed by atoms with Gasteiger partial charge in [-0.2, -0.15) is 6.42 Å². The molecular weight excluding hydrogens is 339 g/mol. The molecule has 0 aliphatic carbocycles. The van der Waals surface area contributed by atoms with Crippen molar-refractivity contribution in [1.82, 2.24) is 0 Å². The second-order valence-electron chi connectivity index (χ2n) is 3.81. The topological polar surface area (TPSA) is 37.3 Å². The van der Waals surface area contributed by atoms with Crippen LogP contribution in [-0.2, 0) is 4.79 Å². The summed E-state index contributed by atoms with van der Waals surface area (Å²) in [6.45, 7) is 2.22. The van der Waals surface area contributed by atoms with Crippen LogP contribution in [0.4, 0.5) is 0 Å². The molecule has 0 amide bonds. The number of rotatable bonds is 10. The summed E-state index contributed by atoms with van der Waals surface area (Å²) in [6.07, 6.45) is 12.2. The zero-order chi connectivity index (χ0) is 10.6. The van der Waals surface area contributed by atoms with Gasteiger partial charge in [0.15, 0.2) is 5.97 Å². The van der Waals surface area contributed by atoms with Crippen LogP contribution >= 0.6 is 0 Å². The molecule has 0 atom stereocenters. The summed E-state index contributed by atoms with van der Waals surface area (Å²) in [4.78, 5) is 10.2. The minimum Gasteiger partial charge on any atom is -0.503 e. The maximum atomic E-state index is 10.2. The third kappa shape index (κ3) is 17.2. The summed E-state index contributed by atoms with van der Waals surface area (Å²) >= 11 is 0. The molecule has 15 heavy (non-hydrogen) atoms. The van der Waals surface area contributed by atoms with Gasteiger partial charge in [0, 0.05) is 38.2 Å². The fraction of sp³-hybridized carbons (Fsp3) is 0.833. The predicted molar refractivity (Wildman–Crippen MR) is 59.2 cm³/mol. The molecule has 0 radical (unpaired) electrons. The van der Waals surface area contributed by atoms with Crippen molar-refractivity contribution in [2.75, 3.05) is 0 Å². The SMILES string of the molecule is CCCCCCCCCC[CH-]C(=O)O.[Dy]. The van der Waals surface area contributed by atoms with E-state index >= 15 is 0 Å². The minimum absolute atomic E-state index is 0. The summed E-state index contributed by atoms with van der Waals surface area (Å²) < 4.78 is 0. The molecule has 1 N–H and O–H groups in total. The normalized spacial score (nSPS) is 9.40. The first-order valence-electron chi connectivity index (χ1n) is 5.83. The Balaban J connectivity index is 0. The molecule has 94 valence electrons. The maximum absolute atomic E-state index is 10.2. The van der Waals surface area contributed by atoms with Gasteiger partial charge in [0.25, 0.3) is 0 Å². The van der Waals surface area contributed by atoms with Crippen LogP contribution in [0.1, 0.15) is 64.7 Å². The molecule has 0 aliphatic rings. The Bertz CT molecular complexity index is 138. The Morgan fingerprint density at radius 3 is 1.93 bits per heavy atom. The Labute approximate surface area is 124 Å². The van der Waals surface area contributed by atoms with Crippen LogP contribution < -0.4 is 0 Å². The summed E-state index contributed by atoms with van der Waals surface area (Å²) in [6, 6.07) is 0. The van der Waals surface area contributed by atoms with E-state index in [2.05, 4.69) is 6.92 Å². The maximum Gasteiger partial charge on any atom is 0.163 e. The van der Waals surface area contributed by atoms with Crippen LogP contribution in [0.5, 0.6) is 0 Å². The van der Waals surface area contributed by atoms with Crippen molar-refractivity contribution in [2.24, 2.45) is 0 Å². The van der Waals surface area contributed by atoms with Crippen LogP contribution in [0.25, 0.3) is 0 Å². The van der Waals surface area contributed by atoms with Gasteiger partial charge in [-0.25, -0.2) is 0 Å². The number of unbranched alkanes of at least 4 members (excludes halogenated alkanes) is 8. The van der Waals surface area contributed by atoms with Crippen LogP contribution in [0.2, 0.25) is 0 Å². The molecule has 2 nitrogen and oxygen atoms in total. The fourth-order valence-electron chi connectivity index (χ4n) is 1.50. The van der Waals surface area contributed by atoms with E-state index in [1.807, 2.05) is 0 Å². The standard InChI is InChI=1S/C12H23O2.Dy/c1-2-3-4-5-6-7-8-9-10-11-12(13)14;/h11H,2-10H2,1H3,(H,13,14);/q-1;. The molecule has 0 saturated heterocycles. The van der Waals surface area contributed by atoms with Crippen molar-refractivity contribution in [3.05, 3.63) is 6.42 Å². The molecule has 0 aliphatic heterocycles. The zero-order valence-electron chi connectivity index (χ0n) is 9.61. The Hall–Kier alpha value is 0.613. The third-order valence-corrected chi connectivity index (χ3v) is 2.38. The van der Waals surface area contributed by atoms with Crippen molar-refractivity contribution < 1.29 is 48.1 Å². The predicted octanol–water partition coefficient (Wildman–Crippen LogP) is 3.81. The molecule has 0 heterocycles. The summed E-state index contributed by atoms with van der Waals surface area (Å²) in [5.41, 5.74) is 0. The largest absolute Gasteiger partial charge is 0.503 e. The second kappa shape index (κ2) is 14.6. The molecule has 0 fully saturated rings. The zero-order valence-corrected chi connectivity index (χ0v) is 11.6. The molecule has 0 unspecified atom stereocenters. The Morgan fingerprint density at radius 2 is 1.47 bits per heavy atom.